The molecular weight excluding hydrogens is 273 g/mol. The molecule has 1 aromatic carbocycles. The lowest BCUT2D eigenvalue weighted by Gasteiger charge is -2.19. The van der Waals surface area contributed by atoms with Crippen molar-refractivity contribution in [3.05, 3.63) is 35.6 Å². The molecule has 0 aliphatic carbocycles. The Labute approximate surface area is 123 Å². The molecule has 0 saturated carbocycles. The van der Waals surface area contributed by atoms with Crippen LogP contribution >= 0.6 is 0 Å². The number of hydrogen-bond acceptors (Lipinski definition) is 2. The Kier molecular flexibility index (Phi) is 4.90. The summed E-state index contributed by atoms with van der Waals surface area (Å²) < 4.78 is 12.9. The molecule has 1 aliphatic rings. The van der Waals surface area contributed by atoms with E-state index in [4.69, 9.17) is 0 Å². The molecule has 21 heavy (non-hydrogen) atoms. The largest absolute Gasteiger partial charge is 0.329 e. The molecule has 2 N–H and O–H groups in total. The van der Waals surface area contributed by atoms with Crippen molar-refractivity contribution in [1.82, 2.24) is 10.2 Å². The Hall–Kier alpha value is -1.95. The summed E-state index contributed by atoms with van der Waals surface area (Å²) in [6, 6.07) is 5.54. The molecule has 6 heteroatoms. The molecule has 1 unspecified atom stereocenters. The molecule has 1 aromatic rings. The van der Waals surface area contributed by atoms with Crippen LogP contribution in [0.5, 0.6) is 0 Å². The maximum atomic E-state index is 12.9. The number of nitrogens with one attached hydrogen (secondary N) is 2. The summed E-state index contributed by atoms with van der Waals surface area (Å²) in [6.07, 6.45) is 1.51. The fraction of sp³-hybridized carbons (Fsp3) is 0.467. The molecule has 2 rings (SSSR count). The van der Waals surface area contributed by atoms with E-state index in [1.54, 1.807) is 12.1 Å². The maximum absolute atomic E-state index is 12.9. The first-order valence-corrected chi connectivity index (χ1v) is 7.19. The van der Waals surface area contributed by atoms with Crippen LogP contribution < -0.4 is 10.2 Å². The molecule has 0 spiro atoms. The van der Waals surface area contributed by atoms with Gasteiger partial charge in [0.05, 0.1) is 7.05 Å². The predicted octanol–water partition coefficient (Wildman–Crippen LogP) is 0.518. The lowest BCUT2D eigenvalue weighted by molar-refractivity contribution is -0.901. The van der Waals surface area contributed by atoms with E-state index in [-0.39, 0.29) is 23.8 Å². The summed E-state index contributed by atoms with van der Waals surface area (Å²) in [4.78, 5) is 26.2. The minimum absolute atomic E-state index is 0.152. The second-order valence-electron chi connectivity index (χ2n) is 5.48. The van der Waals surface area contributed by atoms with E-state index < -0.39 is 0 Å². The number of amides is 3. The fourth-order valence-corrected chi connectivity index (χ4v) is 2.49. The fourth-order valence-electron chi connectivity index (χ4n) is 2.49. The lowest BCUT2D eigenvalue weighted by Crippen LogP contribution is -3.09. The average Bonchev–Trinajstić information content (AvgIpc) is 2.70. The van der Waals surface area contributed by atoms with Gasteiger partial charge in [0.2, 0.25) is 0 Å². The summed E-state index contributed by atoms with van der Waals surface area (Å²) in [5.74, 6) is -0.423. The smallest absolute Gasteiger partial charge is 0.326 e. The van der Waals surface area contributed by atoms with E-state index in [1.807, 2.05) is 14.0 Å². The maximum Gasteiger partial charge on any atom is 0.329 e. The minimum atomic E-state index is -0.388. The summed E-state index contributed by atoms with van der Waals surface area (Å²) in [5, 5.41) is 2.71. The summed E-state index contributed by atoms with van der Waals surface area (Å²) in [6.45, 7) is 2.91. The van der Waals surface area contributed by atoms with Crippen LogP contribution in [-0.2, 0) is 11.3 Å². The highest BCUT2D eigenvalue weighted by Gasteiger charge is 2.38. The van der Waals surface area contributed by atoms with E-state index in [9.17, 15) is 14.0 Å². The van der Waals surface area contributed by atoms with Gasteiger partial charge < -0.3 is 10.2 Å². The van der Waals surface area contributed by atoms with Gasteiger partial charge in [-0.2, -0.15) is 0 Å². The van der Waals surface area contributed by atoms with Gasteiger partial charge in [-0.15, -0.1) is 0 Å². The molecule has 0 radical (unpaired) electrons. The van der Waals surface area contributed by atoms with Gasteiger partial charge in [0.1, 0.15) is 18.4 Å². The minimum Gasteiger partial charge on any atom is -0.326 e. The zero-order valence-electron chi connectivity index (χ0n) is 12.4. The van der Waals surface area contributed by atoms with Gasteiger partial charge in [-0.05, 0) is 18.6 Å². The average molecular weight is 294 g/mol. The number of carbonyl (C=O) groups excluding carboxylic acids is 2. The summed E-state index contributed by atoms with van der Waals surface area (Å²) in [5.41, 5.74) is 0.964. The first-order chi connectivity index (χ1) is 10.0. The number of hydrogen-bond donors (Lipinski definition) is 2. The van der Waals surface area contributed by atoms with E-state index in [0.29, 0.717) is 19.6 Å². The molecule has 1 saturated heterocycles. The quantitative estimate of drug-likeness (QED) is 0.752. The first-order valence-electron chi connectivity index (χ1n) is 7.19. The Balaban J connectivity index is 1.93. The number of halogens is 1. The highest BCUT2D eigenvalue weighted by atomic mass is 19.1. The Morgan fingerprint density at radius 1 is 1.29 bits per heavy atom. The van der Waals surface area contributed by atoms with Crippen molar-refractivity contribution >= 4 is 11.9 Å². The Bertz CT molecular complexity index is 518. The van der Waals surface area contributed by atoms with Crippen LogP contribution in [0.15, 0.2) is 24.3 Å². The number of benzene rings is 1. The highest BCUT2D eigenvalue weighted by Crippen LogP contribution is 2.09. The van der Waals surface area contributed by atoms with Crippen LogP contribution in [0.4, 0.5) is 9.18 Å². The van der Waals surface area contributed by atoms with E-state index in [1.165, 1.54) is 17.0 Å². The third-order valence-electron chi connectivity index (χ3n) is 3.53. The molecular formula is C15H21FN3O2+. The van der Waals surface area contributed by atoms with Crippen LogP contribution in [-0.4, -0.2) is 36.6 Å². The second-order valence-corrected chi connectivity index (χ2v) is 5.48. The zero-order valence-corrected chi connectivity index (χ0v) is 12.4. The normalized spacial score (nSPS) is 19.8. The number of rotatable bonds is 6. The standard InChI is InChI=1S/C15H20FN3O2/c1-3-4-13-14(20)19(15(21)17-13)10-18(2)9-11-5-7-12(16)8-6-11/h5-8,13H,3-4,9-10H2,1-2H3,(H,17,21)/p+1/t13-/m1/s1. The number of quaternary nitrogens is 1. The van der Waals surface area contributed by atoms with Gasteiger partial charge in [-0.3, -0.25) is 4.79 Å². The van der Waals surface area contributed by atoms with Crippen LogP contribution in [0.2, 0.25) is 0 Å². The SMILES string of the molecule is CCC[C@H]1NC(=O)N(C[NH+](C)Cc2ccc(F)cc2)C1=O. The number of imide groups is 1. The van der Waals surface area contributed by atoms with Gasteiger partial charge in [0.15, 0.2) is 6.67 Å². The van der Waals surface area contributed by atoms with E-state index in [2.05, 4.69) is 5.32 Å². The first kappa shape index (κ1) is 15.4. The van der Waals surface area contributed by atoms with Crippen molar-refractivity contribution in [2.24, 2.45) is 0 Å². The summed E-state index contributed by atoms with van der Waals surface area (Å²) in [7, 11) is 1.90. The Morgan fingerprint density at radius 3 is 2.57 bits per heavy atom. The third kappa shape index (κ3) is 3.78. The van der Waals surface area contributed by atoms with Gasteiger partial charge in [0.25, 0.3) is 5.91 Å². The zero-order chi connectivity index (χ0) is 15.4. The number of nitrogens with zero attached hydrogens (tertiary/aromatic N) is 1. The van der Waals surface area contributed by atoms with E-state index >= 15 is 0 Å². The number of urea groups is 1. The molecule has 5 nitrogen and oxygen atoms in total. The molecule has 1 heterocycles. The monoisotopic (exact) mass is 294 g/mol. The van der Waals surface area contributed by atoms with Crippen molar-refractivity contribution < 1.29 is 18.9 Å². The molecule has 2 atom stereocenters. The molecule has 0 aromatic heterocycles. The lowest BCUT2D eigenvalue weighted by atomic mass is 10.2. The molecule has 1 aliphatic heterocycles. The van der Waals surface area contributed by atoms with Gasteiger partial charge in [-0.25, -0.2) is 14.1 Å². The van der Waals surface area contributed by atoms with Gasteiger partial charge in [0, 0.05) is 5.56 Å². The molecule has 3 amide bonds. The third-order valence-corrected chi connectivity index (χ3v) is 3.53. The van der Waals surface area contributed by atoms with Crippen molar-refractivity contribution in [2.45, 2.75) is 32.4 Å². The van der Waals surface area contributed by atoms with Crippen molar-refractivity contribution in [3.8, 4) is 0 Å². The topological polar surface area (TPSA) is 53.9 Å². The molecule has 114 valence electrons. The number of carbonyl (C=O) groups is 2. The van der Waals surface area contributed by atoms with Gasteiger partial charge >= 0.3 is 6.03 Å². The van der Waals surface area contributed by atoms with Gasteiger partial charge in [-0.1, -0.05) is 25.5 Å². The van der Waals surface area contributed by atoms with Crippen LogP contribution in [0.25, 0.3) is 0 Å². The van der Waals surface area contributed by atoms with Crippen molar-refractivity contribution in [2.75, 3.05) is 13.7 Å². The van der Waals surface area contributed by atoms with Crippen LogP contribution in [0, 0.1) is 5.82 Å². The molecule has 1 fully saturated rings. The van der Waals surface area contributed by atoms with E-state index in [0.717, 1.165) is 16.9 Å². The Morgan fingerprint density at radius 2 is 1.95 bits per heavy atom. The summed E-state index contributed by atoms with van der Waals surface area (Å²) >= 11 is 0. The molecule has 0 bridgehead atoms. The predicted molar refractivity (Wildman–Crippen MR) is 75.9 cm³/mol. The van der Waals surface area contributed by atoms with Crippen LogP contribution in [0.3, 0.4) is 0 Å². The van der Waals surface area contributed by atoms with Crippen molar-refractivity contribution in [1.29, 1.82) is 0 Å². The highest BCUT2D eigenvalue weighted by molar-refractivity contribution is 6.03. The second kappa shape index (κ2) is 6.67. The van der Waals surface area contributed by atoms with Crippen molar-refractivity contribution in [3.63, 3.8) is 0 Å². The van der Waals surface area contributed by atoms with Crippen LogP contribution in [0.1, 0.15) is 25.3 Å².